The van der Waals surface area contributed by atoms with Crippen molar-refractivity contribution < 1.29 is 13.9 Å². The van der Waals surface area contributed by atoms with Crippen molar-refractivity contribution in [3.8, 4) is 5.75 Å². The number of methoxy groups -OCH3 is 1. The zero-order valence-corrected chi connectivity index (χ0v) is 11.0. The maximum Gasteiger partial charge on any atom is 0.228 e. The van der Waals surface area contributed by atoms with Crippen LogP contribution in [0.3, 0.4) is 0 Å². The van der Waals surface area contributed by atoms with Gasteiger partial charge in [-0.3, -0.25) is 4.79 Å². The van der Waals surface area contributed by atoms with Gasteiger partial charge in [0, 0.05) is 5.69 Å². The summed E-state index contributed by atoms with van der Waals surface area (Å²) in [5.41, 5.74) is 6.75. The summed E-state index contributed by atoms with van der Waals surface area (Å²) in [6.45, 7) is 0. The normalized spacial score (nSPS) is 10.1. The molecule has 4 nitrogen and oxygen atoms in total. The molecule has 0 saturated carbocycles. The SMILES string of the molecule is COc1cccc(CC(=O)Nc2ccc(F)c(N)c2)c1. The van der Waals surface area contributed by atoms with E-state index in [1.807, 2.05) is 18.2 Å². The van der Waals surface area contributed by atoms with Crippen LogP contribution < -0.4 is 15.8 Å². The molecule has 1 amide bonds. The van der Waals surface area contributed by atoms with Gasteiger partial charge >= 0.3 is 0 Å². The highest BCUT2D eigenvalue weighted by atomic mass is 19.1. The number of carbonyl (C=O) groups is 1. The van der Waals surface area contributed by atoms with Gasteiger partial charge in [-0.25, -0.2) is 4.39 Å². The van der Waals surface area contributed by atoms with Gasteiger partial charge < -0.3 is 15.8 Å². The van der Waals surface area contributed by atoms with Crippen molar-refractivity contribution in [3.63, 3.8) is 0 Å². The Balaban J connectivity index is 2.03. The van der Waals surface area contributed by atoms with E-state index in [0.717, 1.165) is 5.56 Å². The van der Waals surface area contributed by atoms with Crippen LogP contribution in [0.25, 0.3) is 0 Å². The summed E-state index contributed by atoms with van der Waals surface area (Å²) in [4.78, 5) is 11.9. The third kappa shape index (κ3) is 3.47. The molecular formula is C15H15FN2O2. The van der Waals surface area contributed by atoms with Gasteiger partial charge in [0.15, 0.2) is 0 Å². The van der Waals surface area contributed by atoms with Gasteiger partial charge in [-0.1, -0.05) is 12.1 Å². The van der Waals surface area contributed by atoms with Gasteiger partial charge in [-0.05, 0) is 35.9 Å². The lowest BCUT2D eigenvalue weighted by molar-refractivity contribution is -0.115. The maximum absolute atomic E-state index is 13.0. The first-order chi connectivity index (χ1) is 9.58. The Bertz CT molecular complexity index is 629. The number of hydrogen-bond acceptors (Lipinski definition) is 3. The minimum Gasteiger partial charge on any atom is -0.497 e. The Hall–Kier alpha value is -2.56. The number of amides is 1. The first-order valence-corrected chi connectivity index (χ1v) is 6.06. The summed E-state index contributed by atoms with van der Waals surface area (Å²) in [6.07, 6.45) is 0.203. The molecule has 0 spiro atoms. The fourth-order valence-corrected chi connectivity index (χ4v) is 1.79. The second-order valence-corrected chi connectivity index (χ2v) is 4.31. The van der Waals surface area contributed by atoms with Crippen molar-refractivity contribution in [2.75, 3.05) is 18.2 Å². The van der Waals surface area contributed by atoms with Crippen molar-refractivity contribution in [3.05, 3.63) is 53.8 Å². The highest BCUT2D eigenvalue weighted by molar-refractivity contribution is 5.92. The number of rotatable bonds is 4. The van der Waals surface area contributed by atoms with Crippen molar-refractivity contribution in [1.82, 2.24) is 0 Å². The topological polar surface area (TPSA) is 64.3 Å². The Morgan fingerprint density at radius 2 is 2.10 bits per heavy atom. The molecule has 0 unspecified atom stereocenters. The zero-order valence-electron chi connectivity index (χ0n) is 11.0. The number of nitrogens with one attached hydrogen (secondary N) is 1. The van der Waals surface area contributed by atoms with Crippen LogP contribution in [-0.4, -0.2) is 13.0 Å². The Kier molecular flexibility index (Phi) is 4.20. The predicted molar refractivity (Wildman–Crippen MR) is 76.1 cm³/mol. The van der Waals surface area contributed by atoms with E-state index < -0.39 is 5.82 Å². The van der Waals surface area contributed by atoms with E-state index in [-0.39, 0.29) is 18.0 Å². The third-order valence-corrected chi connectivity index (χ3v) is 2.78. The van der Waals surface area contributed by atoms with Crippen LogP contribution in [0.5, 0.6) is 5.75 Å². The fraction of sp³-hybridized carbons (Fsp3) is 0.133. The number of halogens is 1. The third-order valence-electron chi connectivity index (χ3n) is 2.78. The van der Waals surface area contributed by atoms with Crippen molar-refractivity contribution in [2.45, 2.75) is 6.42 Å². The quantitative estimate of drug-likeness (QED) is 0.842. The lowest BCUT2D eigenvalue weighted by atomic mass is 10.1. The van der Waals surface area contributed by atoms with E-state index in [9.17, 15) is 9.18 Å². The highest BCUT2D eigenvalue weighted by Crippen LogP contribution is 2.17. The molecule has 0 bridgehead atoms. The highest BCUT2D eigenvalue weighted by Gasteiger charge is 2.06. The van der Waals surface area contributed by atoms with Gasteiger partial charge in [0.25, 0.3) is 0 Å². The molecule has 0 aliphatic carbocycles. The van der Waals surface area contributed by atoms with Crippen LogP contribution in [0.2, 0.25) is 0 Å². The summed E-state index contributed by atoms with van der Waals surface area (Å²) in [6, 6.07) is 11.3. The van der Waals surface area contributed by atoms with Crippen molar-refractivity contribution in [2.24, 2.45) is 0 Å². The average Bonchev–Trinajstić information content (AvgIpc) is 2.43. The smallest absolute Gasteiger partial charge is 0.228 e. The summed E-state index contributed by atoms with van der Waals surface area (Å²) < 4.78 is 18.1. The summed E-state index contributed by atoms with van der Waals surface area (Å²) >= 11 is 0. The largest absolute Gasteiger partial charge is 0.497 e. The van der Waals surface area contributed by atoms with E-state index in [0.29, 0.717) is 11.4 Å². The van der Waals surface area contributed by atoms with Crippen LogP contribution in [0.4, 0.5) is 15.8 Å². The molecule has 2 aromatic rings. The molecule has 0 aromatic heterocycles. The minimum absolute atomic E-state index is 0.00387. The van der Waals surface area contributed by atoms with E-state index in [4.69, 9.17) is 10.5 Å². The molecule has 20 heavy (non-hydrogen) atoms. The van der Waals surface area contributed by atoms with Crippen LogP contribution in [0.1, 0.15) is 5.56 Å². The minimum atomic E-state index is -0.504. The number of hydrogen-bond donors (Lipinski definition) is 2. The van der Waals surface area contributed by atoms with E-state index in [1.54, 1.807) is 13.2 Å². The Labute approximate surface area is 116 Å². The molecule has 0 fully saturated rings. The number of nitrogens with two attached hydrogens (primary N) is 1. The molecule has 5 heteroatoms. The molecule has 0 atom stereocenters. The lowest BCUT2D eigenvalue weighted by Crippen LogP contribution is -2.14. The number of anilines is 2. The summed E-state index contributed by atoms with van der Waals surface area (Å²) in [5.74, 6) is -0.0126. The van der Waals surface area contributed by atoms with Crippen LogP contribution in [0.15, 0.2) is 42.5 Å². The lowest BCUT2D eigenvalue weighted by Gasteiger charge is -2.07. The molecule has 104 valence electrons. The zero-order chi connectivity index (χ0) is 14.5. The first kappa shape index (κ1) is 13.9. The second-order valence-electron chi connectivity index (χ2n) is 4.31. The fourth-order valence-electron chi connectivity index (χ4n) is 1.79. The average molecular weight is 274 g/mol. The van der Waals surface area contributed by atoms with E-state index >= 15 is 0 Å². The maximum atomic E-state index is 13.0. The number of benzene rings is 2. The summed E-state index contributed by atoms with van der Waals surface area (Å²) in [7, 11) is 1.57. The summed E-state index contributed by atoms with van der Waals surface area (Å²) in [5, 5.41) is 2.67. The standard InChI is InChI=1S/C15H15FN2O2/c1-20-12-4-2-3-10(7-12)8-15(19)18-11-5-6-13(16)14(17)9-11/h2-7,9H,8,17H2,1H3,(H,18,19). The van der Waals surface area contributed by atoms with E-state index in [1.165, 1.54) is 18.2 Å². The molecule has 0 aliphatic rings. The molecule has 0 aliphatic heterocycles. The molecule has 0 saturated heterocycles. The number of carbonyl (C=O) groups excluding carboxylic acids is 1. The molecular weight excluding hydrogens is 259 g/mol. The molecule has 0 heterocycles. The number of nitrogen functional groups attached to an aromatic ring is 1. The van der Waals surface area contributed by atoms with Gasteiger partial charge in [-0.15, -0.1) is 0 Å². The van der Waals surface area contributed by atoms with Gasteiger partial charge in [0.1, 0.15) is 11.6 Å². The van der Waals surface area contributed by atoms with Crippen molar-refractivity contribution in [1.29, 1.82) is 0 Å². The number of ether oxygens (including phenoxy) is 1. The first-order valence-electron chi connectivity index (χ1n) is 6.06. The van der Waals surface area contributed by atoms with Crippen LogP contribution in [0, 0.1) is 5.82 Å². The van der Waals surface area contributed by atoms with E-state index in [2.05, 4.69) is 5.32 Å². The van der Waals surface area contributed by atoms with Crippen molar-refractivity contribution >= 4 is 17.3 Å². The molecule has 2 rings (SSSR count). The monoisotopic (exact) mass is 274 g/mol. The second kappa shape index (κ2) is 6.06. The molecule has 2 aromatic carbocycles. The predicted octanol–water partition coefficient (Wildman–Crippen LogP) is 2.60. The van der Waals surface area contributed by atoms with Gasteiger partial charge in [0.05, 0.1) is 19.2 Å². The van der Waals surface area contributed by atoms with Crippen LogP contribution >= 0.6 is 0 Å². The Morgan fingerprint density at radius 1 is 1.30 bits per heavy atom. The molecule has 0 radical (unpaired) electrons. The van der Waals surface area contributed by atoms with Gasteiger partial charge in [0.2, 0.25) is 5.91 Å². The van der Waals surface area contributed by atoms with Crippen LogP contribution in [-0.2, 0) is 11.2 Å². The van der Waals surface area contributed by atoms with Gasteiger partial charge in [-0.2, -0.15) is 0 Å². The molecule has 3 N–H and O–H groups in total. The Morgan fingerprint density at radius 3 is 2.80 bits per heavy atom.